The molecular weight excluding hydrogens is 253 g/mol. The molecule has 1 N–H and O–H groups in total. The summed E-state index contributed by atoms with van der Waals surface area (Å²) in [5, 5.41) is 3.81. The molecule has 18 heavy (non-hydrogen) atoms. The molecule has 0 aliphatic carbocycles. The molecule has 0 aliphatic heterocycles. The van der Waals surface area contributed by atoms with Gasteiger partial charge < -0.3 is 10.1 Å². The summed E-state index contributed by atoms with van der Waals surface area (Å²) in [5.74, 6) is -0.255. The first kappa shape index (κ1) is 15.4. The highest BCUT2D eigenvalue weighted by Crippen LogP contribution is 2.17. The third kappa shape index (κ3) is 4.56. The molecule has 2 unspecified atom stereocenters. The summed E-state index contributed by atoms with van der Waals surface area (Å²) < 4.78 is 19.1. The van der Waals surface area contributed by atoms with Crippen molar-refractivity contribution in [2.24, 2.45) is 0 Å². The molecule has 0 heterocycles. The SMILES string of the molecule is CCCNC(Cc1ccc(Cl)cc1F)C(C)OC. The van der Waals surface area contributed by atoms with Gasteiger partial charge in [0.2, 0.25) is 0 Å². The quantitative estimate of drug-likeness (QED) is 0.822. The number of methoxy groups -OCH3 is 1. The first-order chi connectivity index (χ1) is 8.58. The third-order valence-electron chi connectivity index (χ3n) is 3.05. The molecule has 1 aromatic rings. The van der Waals surface area contributed by atoms with E-state index in [1.165, 1.54) is 6.07 Å². The van der Waals surface area contributed by atoms with E-state index < -0.39 is 0 Å². The molecule has 0 spiro atoms. The van der Waals surface area contributed by atoms with Crippen molar-refractivity contribution >= 4 is 11.6 Å². The molecule has 0 aliphatic rings. The third-order valence-corrected chi connectivity index (χ3v) is 3.28. The Hall–Kier alpha value is -0.640. The number of hydrogen-bond acceptors (Lipinski definition) is 2. The molecule has 0 fully saturated rings. The zero-order valence-corrected chi connectivity index (χ0v) is 11.9. The van der Waals surface area contributed by atoms with Gasteiger partial charge in [0.25, 0.3) is 0 Å². The summed E-state index contributed by atoms with van der Waals surface area (Å²) >= 11 is 5.75. The monoisotopic (exact) mass is 273 g/mol. The summed E-state index contributed by atoms with van der Waals surface area (Å²) in [6, 6.07) is 4.91. The fraction of sp³-hybridized carbons (Fsp3) is 0.571. The second kappa shape index (κ2) is 7.72. The van der Waals surface area contributed by atoms with Crippen LogP contribution in [-0.2, 0) is 11.2 Å². The maximum Gasteiger partial charge on any atom is 0.127 e. The van der Waals surface area contributed by atoms with Crippen LogP contribution < -0.4 is 5.32 Å². The molecule has 4 heteroatoms. The second-order valence-electron chi connectivity index (χ2n) is 4.44. The number of halogens is 2. The van der Waals surface area contributed by atoms with Crippen molar-refractivity contribution in [3.05, 3.63) is 34.6 Å². The van der Waals surface area contributed by atoms with Crippen molar-refractivity contribution in [2.45, 2.75) is 38.8 Å². The highest BCUT2D eigenvalue weighted by atomic mass is 35.5. The van der Waals surface area contributed by atoms with Gasteiger partial charge in [0.05, 0.1) is 6.10 Å². The van der Waals surface area contributed by atoms with Gasteiger partial charge in [0, 0.05) is 18.2 Å². The lowest BCUT2D eigenvalue weighted by Crippen LogP contribution is -2.41. The Morgan fingerprint density at radius 2 is 2.17 bits per heavy atom. The minimum atomic E-state index is -0.255. The average Bonchev–Trinajstić information content (AvgIpc) is 2.36. The van der Waals surface area contributed by atoms with Crippen molar-refractivity contribution in [3.63, 3.8) is 0 Å². The Balaban J connectivity index is 2.75. The number of ether oxygens (including phenoxy) is 1. The highest BCUT2D eigenvalue weighted by Gasteiger charge is 2.18. The molecule has 0 saturated carbocycles. The van der Waals surface area contributed by atoms with Gasteiger partial charge in [-0.15, -0.1) is 0 Å². The number of hydrogen-bond donors (Lipinski definition) is 1. The summed E-state index contributed by atoms with van der Waals surface area (Å²) in [6.07, 6.45) is 1.67. The van der Waals surface area contributed by atoms with E-state index in [4.69, 9.17) is 16.3 Å². The molecule has 0 saturated heterocycles. The Labute approximate surface area is 113 Å². The number of nitrogens with one attached hydrogen (secondary N) is 1. The molecule has 2 atom stereocenters. The molecule has 2 nitrogen and oxygen atoms in total. The second-order valence-corrected chi connectivity index (χ2v) is 4.88. The molecule has 102 valence electrons. The van der Waals surface area contributed by atoms with Crippen LogP contribution in [0, 0.1) is 5.82 Å². The van der Waals surface area contributed by atoms with Crippen LogP contribution in [0.5, 0.6) is 0 Å². The van der Waals surface area contributed by atoms with E-state index >= 15 is 0 Å². The Kier molecular flexibility index (Phi) is 6.61. The molecule has 1 aromatic carbocycles. The lowest BCUT2D eigenvalue weighted by molar-refractivity contribution is 0.0828. The maximum absolute atomic E-state index is 13.7. The fourth-order valence-corrected chi connectivity index (χ4v) is 1.98. The molecular formula is C14H21ClFNO. The average molecular weight is 274 g/mol. The molecule has 1 rings (SSSR count). The first-order valence-electron chi connectivity index (χ1n) is 6.28. The molecule has 0 aromatic heterocycles. The van der Waals surface area contributed by atoms with E-state index in [-0.39, 0.29) is 18.0 Å². The van der Waals surface area contributed by atoms with Crippen LogP contribution in [0.2, 0.25) is 5.02 Å². The molecule has 0 amide bonds. The highest BCUT2D eigenvalue weighted by molar-refractivity contribution is 6.30. The summed E-state index contributed by atoms with van der Waals surface area (Å²) in [6.45, 7) is 4.99. The number of rotatable bonds is 7. The van der Waals surface area contributed by atoms with Gasteiger partial charge >= 0.3 is 0 Å². The fourth-order valence-electron chi connectivity index (χ4n) is 1.82. The Morgan fingerprint density at radius 3 is 2.72 bits per heavy atom. The standard InChI is InChI=1S/C14H21ClFNO/c1-4-7-17-14(10(2)18-3)8-11-5-6-12(15)9-13(11)16/h5-6,9-10,14,17H,4,7-8H2,1-3H3. The van der Waals surface area contributed by atoms with E-state index in [0.29, 0.717) is 17.0 Å². The largest absolute Gasteiger partial charge is 0.380 e. The van der Waals surface area contributed by atoms with Crippen LogP contribution in [-0.4, -0.2) is 25.8 Å². The van der Waals surface area contributed by atoms with E-state index in [9.17, 15) is 4.39 Å². The van der Waals surface area contributed by atoms with Crippen LogP contribution >= 0.6 is 11.6 Å². The lowest BCUT2D eigenvalue weighted by atomic mass is 10.0. The summed E-state index contributed by atoms with van der Waals surface area (Å²) in [4.78, 5) is 0. The van der Waals surface area contributed by atoms with Gasteiger partial charge in [0.15, 0.2) is 0 Å². The van der Waals surface area contributed by atoms with E-state index in [1.807, 2.05) is 6.92 Å². The van der Waals surface area contributed by atoms with Crippen molar-refractivity contribution in [3.8, 4) is 0 Å². The minimum absolute atomic E-state index is 0.0339. The normalized spacial score (nSPS) is 14.5. The van der Waals surface area contributed by atoms with Gasteiger partial charge in [0.1, 0.15) is 5.82 Å². The van der Waals surface area contributed by atoms with E-state index in [2.05, 4.69) is 12.2 Å². The molecule has 0 bridgehead atoms. The number of benzene rings is 1. The lowest BCUT2D eigenvalue weighted by Gasteiger charge is -2.24. The van der Waals surface area contributed by atoms with Gasteiger partial charge in [-0.25, -0.2) is 4.39 Å². The van der Waals surface area contributed by atoms with E-state index in [1.54, 1.807) is 19.2 Å². The van der Waals surface area contributed by atoms with E-state index in [0.717, 1.165) is 13.0 Å². The van der Waals surface area contributed by atoms with Crippen LogP contribution in [0.1, 0.15) is 25.8 Å². The van der Waals surface area contributed by atoms with Crippen LogP contribution in [0.25, 0.3) is 0 Å². The van der Waals surface area contributed by atoms with Gasteiger partial charge in [-0.1, -0.05) is 24.6 Å². The zero-order valence-electron chi connectivity index (χ0n) is 11.2. The Bertz CT molecular complexity index is 373. The zero-order chi connectivity index (χ0) is 13.5. The van der Waals surface area contributed by atoms with Gasteiger partial charge in [-0.05, 0) is 44.0 Å². The minimum Gasteiger partial charge on any atom is -0.380 e. The van der Waals surface area contributed by atoms with Crippen molar-refractivity contribution < 1.29 is 9.13 Å². The van der Waals surface area contributed by atoms with Crippen molar-refractivity contribution in [2.75, 3.05) is 13.7 Å². The predicted molar refractivity (Wildman–Crippen MR) is 73.7 cm³/mol. The predicted octanol–water partition coefficient (Wildman–Crippen LogP) is 3.42. The van der Waals surface area contributed by atoms with Crippen molar-refractivity contribution in [1.29, 1.82) is 0 Å². The Morgan fingerprint density at radius 1 is 1.44 bits per heavy atom. The van der Waals surface area contributed by atoms with Gasteiger partial charge in [-0.2, -0.15) is 0 Å². The van der Waals surface area contributed by atoms with Crippen LogP contribution in [0.15, 0.2) is 18.2 Å². The summed E-state index contributed by atoms with van der Waals surface area (Å²) in [5.41, 5.74) is 0.664. The molecule has 0 radical (unpaired) electrons. The van der Waals surface area contributed by atoms with Crippen LogP contribution in [0.4, 0.5) is 4.39 Å². The van der Waals surface area contributed by atoms with Crippen molar-refractivity contribution in [1.82, 2.24) is 5.32 Å². The summed E-state index contributed by atoms with van der Waals surface area (Å²) in [7, 11) is 1.67. The maximum atomic E-state index is 13.7. The van der Waals surface area contributed by atoms with Gasteiger partial charge in [-0.3, -0.25) is 0 Å². The first-order valence-corrected chi connectivity index (χ1v) is 6.66. The van der Waals surface area contributed by atoms with Crippen LogP contribution in [0.3, 0.4) is 0 Å². The smallest absolute Gasteiger partial charge is 0.127 e. The topological polar surface area (TPSA) is 21.3 Å².